The van der Waals surface area contributed by atoms with Crippen LogP contribution in [0.2, 0.25) is 0 Å². The average Bonchev–Trinajstić information content (AvgIpc) is 3.74. The molecule has 0 spiro atoms. The smallest absolute Gasteiger partial charge is 0.411 e. The molecule has 9 heteroatoms. The molecule has 1 amide bonds. The van der Waals surface area contributed by atoms with Gasteiger partial charge < -0.3 is 34.6 Å². The van der Waals surface area contributed by atoms with Crippen LogP contribution in [0.25, 0.3) is 0 Å². The van der Waals surface area contributed by atoms with Crippen molar-refractivity contribution in [2.24, 2.45) is 17.8 Å². The molecule has 44 heavy (non-hydrogen) atoms. The number of cyclic esters (lactones) is 1. The maximum Gasteiger partial charge on any atom is 0.411 e. The number of amides is 1. The number of piperazine rings is 1. The normalized spacial score (nSPS) is 35.2. The summed E-state index contributed by atoms with van der Waals surface area (Å²) in [6.45, 7) is 19.5. The van der Waals surface area contributed by atoms with Gasteiger partial charge in [-0.05, 0) is 69.6 Å². The van der Waals surface area contributed by atoms with Crippen molar-refractivity contribution < 1.29 is 34.0 Å². The highest BCUT2D eigenvalue weighted by molar-refractivity contribution is 5.70. The molecule has 9 nitrogen and oxygen atoms in total. The van der Waals surface area contributed by atoms with Gasteiger partial charge in [0.05, 0.1) is 30.8 Å². The monoisotopic (exact) mass is 616 g/mol. The van der Waals surface area contributed by atoms with E-state index in [-0.39, 0.29) is 60.7 Å². The van der Waals surface area contributed by atoms with Crippen LogP contribution in [0.3, 0.4) is 0 Å². The zero-order valence-corrected chi connectivity index (χ0v) is 27.8. The molecule has 11 atom stereocenters. The van der Waals surface area contributed by atoms with Crippen molar-refractivity contribution >= 4 is 12.1 Å². The van der Waals surface area contributed by atoms with Gasteiger partial charge in [-0.1, -0.05) is 58.6 Å². The van der Waals surface area contributed by atoms with Gasteiger partial charge >= 0.3 is 12.1 Å². The molecule has 3 rings (SSSR count). The number of hydrogen-bond donors (Lipinski definition) is 3. The molecular weight excluding hydrogens is 560 g/mol. The van der Waals surface area contributed by atoms with Crippen molar-refractivity contribution in [2.75, 3.05) is 13.1 Å². The molecule has 0 bridgehead atoms. The van der Waals surface area contributed by atoms with Gasteiger partial charge in [-0.15, -0.1) is 0 Å². The molecule has 3 aliphatic heterocycles. The lowest BCUT2D eigenvalue weighted by atomic mass is 9.93. The second-order valence-electron chi connectivity index (χ2n) is 13.3. The first-order valence-electron chi connectivity index (χ1n) is 16.4. The Labute approximate surface area is 264 Å². The van der Waals surface area contributed by atoms with E-state index >= 15 is 0 Å². The SMILES string of the molecule is C=C1CCC(O)CC(=O)OC(/C(C)=C/C=C/C(C)CC2OC2C(C)C(O)CC)C(C)/C=C/C1OC(=O)N1CC(C)NCC1C. The van der Waals surface area contributed by atoms with Crippen molar-refractivity contribution in [3.8, 4) is 0 Å². The van der Waals surface area contributed by atoms with E-state index in [1.807, 2.05) is 65.8 Å². The summed E-state index contributed by atoms with van der Waals surface area (Å²) < 4.78 is 17.7. The van der Waals surface area contributed by atoms with E-state index in [0.29, 0.717) is 31.5 Å². The Hall–Kier alpha value is -2.46. The second kappa shape index (κ2) is 16.7. The van der Waals surface area contributed by atoms with E-state index in [2.05, 4.69) is 24.9 Å². The number of aliphatic hydroxyl groups excluding tert-OH is 2. The summed E-state index contributed by atoms with van der Waals surface area (Å²) in [5.74, 6) is -0.281. The molecule has 2 saturated heterocycles. The number of aliphatic hydroxyl groups is 2. The molecule has 11 unspecified atom stereocenters. The van der Waals surface area contributed by atoms with Crippen LogP contribution in [0.5, 0.6) is 0 Å². The Bertz CT molecular complexity index is 1070. The van der Waals surface area contributed by atoms with Crippen molar-refractivity contribution in [1.29, 1.82) is 0 Å². The van der Waals surface area contributed by atoms with E-state index in [0.717, 1.165) is 18.4 Å². The number of carbonyl (C=O) groups is 2. The summed E-state index contributed by atoms with van der Waals surface area (Å²) in [6.07, 6.45) is 9.44. The Balaban J connectivity index is 1.70. The third kappa shape index (κ3) is 10.6. The molecular formula is C35H56N2O7. The van der Waals surface area contributed by atoms with Crippen LogP contribution >= 0.6 is 0 Å². The van der Waals surface area contributed by atoms with Gasteiger partial charge in [0.15, 0.2) is 0 Å². The number of carbonyl (C=O) groups excluding carboxylic acids is 2. The number of rotatable bonds is 9. The summed E-state index contributed by atoms with van der Waals surface area (Å²) in [4.78, 5) is 27.7. The molecule has 3 heterocycles. The quantitative estimate of drug-likeness (QED) is 0.142. The predicted octanol–water partition coefficient (Wildman–Crippen LogP) is 5.08. The van der Waals surface area contributed by atoms with Gasteiger partial charge in [0.1, 0.15) is 12.2 Å². The summed E-state index contributed by atoms with van der Waals surface area (Å²) in [5.41, 5.74) is 1.54. The number of allylic oxidation sites excluding steroid dienone is 3. The van der Waals surface area contributed by atoms with E-state index in [1.54, 1.807) is 4.90 Å². The second-order valence-corrected chi connectivity index (χ2v) is 13.3. The Morgan fingerprint density at radius 3 is 2.70 bits per heavy atom. The molecule has 0 aliphatic carbocycles. The summed E-state index contributed by atoms with van der Waals surface area (Å²) in [7, 11) is 0. The molecule has 3 N–H and O–H groups in total. The van der Waals surface area contributed by atoms with E-state index in [4.69, 9.17) is 14.2 Å². The molecule has 0 saturated carbocycles. The molecule has 0 aromatic carbocycles. The van der Waals surface area contributed by atoms with E-state index in [1.165, 1.54) is 0 Å². The number of nitrogens with zero attached hydrogens (tertiary/aromatic N) is 1. The lowest BCUT2D eigenvalue weighted by Gasteiger charge is -2.37. The van der Waals surface area contributed by atoms with Crippen LogP contribution in [0, 0.1) is 17.8 Å². The maximum atomic E-state index is 13.2. The third-order valence-electron chi connectivity index (χ3n) is 9.17. The van der Waals surface area contributed by atoms with Crippen molar-refractivity contribution in [1.82, 2.24) is 10.2 Å². The fourth-order valence-electron chi connectivity index (χ4n) is 6.02. The highest BCUT2D eigenvalue weighted by atomic mass is 16.6. The van der Waals surface area contributed by atoms with Crippen molar-refractivity contribution in [3.63, 3.8) is 0 Å². The van der Waals surface area contributed by atoms with Crippen LogP contribution in [-0.4, -0.2) is 89.0 Å². The first kappa shape index (κ1) is 36.0. The number of ether oxygens (including phenoxy) is 3. The number of esters is 1. The fraction of sp³-hybridized carbons (Fsp3) is 0.714. The Morgan fingerprint density at radius 2 is 2.00 bits per heavy atom. The predicted molar refractivity (Wildman–Crippen MR) is 172 cm³/mol. The van der Waals surface area contributed by atoms with Gasteiger partial charge in [0, 0.05) is 37.0 Å². The Kier molecular flexibility index (Phi) is 13.7. The number of epoxide rings is 1. The lowest BCUT2D eigenvalue weighted by molar-refractivity contribution is -0.151. The minimum atomic E-state index is -0.885. The van der Waals surface area contributed by atoms with Crippen molar-refractivity contribution in [3.05, 3.63) is 48.1 Å². The van der Waals surface area contributed by atoms with Crippen LogP contribution in [0.15, 0.2) is 48.1 Å². The minimum Gasteiger partial charge on any atom is -0.457 e. The fourth-order valence-corrected chi connectivity index (χ4v) is 6.02. The average molecular weight is 617 g/mol. The minimum absolute atomic E-state index is 0.00559. The largest absolute Gasteiger partial charge is 0.457 e. The van der Waals surface area contributed by atoms with Gasteiger partial charge in [0.25, 0.3) is 0 Å². The molecule has 2 fully saturated rings. The summed E-state index contributed by atoms with van der Waals surface area (Å²) in [6, 6.07) is 0.180. The first-order chi connectivity index (χ1) is 20.8. The topological polar surface area (TPSA) is 121 Å². The van der Waals surface area contributed by atoms with Gasteiger partial charge in [0.2, 0.25) is 0 Å². The standard InChI is InChI=1S/C35H56N2O7/c1-9-29(39)27(8)34-31(42-34)17-21(2)11-10-12-23(4)33-24(5)14-16-30(22(3)13-15-28(38)18-32(40)44-33)43-35(41)37-20-25(6)36-19-26(37)7/h10-12,14,16,21,24-31,33-34,36,38-39H,3,9,13,15,17-20H2,1-2,4-8H3/b11-10+,16-14+,23-12+. The van der Waals surface area contributed by atoms with Crippen molar-refractivity contribution in [2.45, 2.75) is 129 Å². The van der Waals surface area contributed by atoms with Crippen LogP contribution in [0.1, 0.15) is 80.6 Å². The highest BCUT2D eigenvalue weighted by Gasteiger charge is 2.45. The first-order valence-corrected chi connectivity index (χ1v) is 16.4. The highest BCUT2D eigenvalue weighted by Crippen LogP contribution is 2.36. The van der Waals surface area contributed by atoms with Crippen LogP contribution in [0.4, 0.5) is 4.79 Å². The van der Waals surface area contributed by atoms with E-state index in [9.17, 15) is 19.8 Å². The van der Waals surface area contributed by atoms with Gasteiger partial charge in [-0.2, -0.15) is 0 Å². The van der Waals surface area contributed by atoms with Gasteiger partial charge in [-0.25, -0.2) is 4.79 Å². The third-order valence-corrected chi connectivity index (χ3v) is 9.17. The lowest BCUT2D eigenvalue weighted by Crippen LogP contribution is -2.56. The maximum absolute atomic E-state index is 13.2. The molecule has 0 aromatic rings. The molecule has 0 aromatic heterocycles. The number of hydrogen-bond acceptors (Lipinski definition) is 8. The zero-order valence-electron chi connectivity index (χ0n) is 27.8. The zero-order chi connectivity index (χ0) is 32.6. The van der Waals surface area contributed by atoms with Gasteiger partial charge in [-0.3, -0.25) is 4.79 Å². The molecule has 248 valence electrons. The summed E-state index contributed by atoms with van der Waals surface area (Å²) >= 11 is 0. The number of nitrogens with one attached hydrogen (secondary N) is 1. The molecule has 0 radical (unpaired) electrons. The molecule has 3 aliphatic rings. The Morgan fingerprint density at radius 1 is 1.27 bits per heavy atom. The van der Waals surface area contributed by atoms with Crippen LogP contribution in [-0.2, 0) is 19.0 Å². The summed E-state index contributed by atoms with van der Waals surface area (Å²) in [5, 5.41) is 24.0. The van der Waals surface area contributed by atoms with Crippen LogP contribution < -0.4 is 5.32 Å². The van der Waals surface area contributed by atoms with E-state index < -0.39 is 24.3 Å².